The van der Waals surface area contributed by atoms with E-state index >= 15 is 0 Å². The van der Waals surface area contributed by atoms with Gasteiger partial charge in [-0.25, -0.2) is 4.98 Å². The lowest BCUT2D eigenvalue weighted by molar-refractivity contribution is 0.457. The minimum absolute atomic E-state index is 0.490. The summed E-state index contributed by atoms with van der Waals surface area (Å²) in [5, 5.41) is 11.9. The van der Waals surface area contributed by atoms with Gasteiger partial charge in [0.15, 0.2) is 0 Å². The van der Waals surface area contributed by atoms with Crippen molar-refractivity contribution in [3.05, 3.63) is 35.0 Å². The van der Waals surface area contributed by atoms with Crippen LogP contribution >= 0.6 is 11.3 Å². The maximum atomic E-state index is 4.08. The Labute approximate surface area is 99.3 Å². The molecular weight excluding hydrogens is 220 g/mol. The summed E-state index contributed by atoms with van der Waals surface area (Å²) in [5.41, 5.74) is 1.36. The van der Waals surface area contributed by atoms with Gasteiger partial charge in [-0.3, -0.25) is 4.68 Å². The van der Waals surface area contributed by atoms with Gasteiger partial charge in [0, 0.05) is 19.1 Å². The zero-order valence-corrected chi connectivity index (χ0v) is 10.2. The minimum atomic E-state index is 0.490. The van der Waals surface area contributed by atoms with Gasteiger partial charge in [0.2, 0.25) is 0 Å². The first-order valence-electron chi connectivity index (χ1n) is 5.41. The maximum Gasteiger partial charge on any atom is 0.137 e. The van der Waals surface area contributed by atoms with E-state index in [9.17, 15) is 0 Å². The van der Waals surface area contributed by atoms with Gasteiger partial charge in [0.25, 0.3) is 0 Å². The topological polar surface area (TPSA) is 42.7 Å². The Kier molecular flexibility index (Phi) is 4.07. The number of thiophene rings is 1. The van der Waals surface area contributed by atoms with Crippen molar-refractivity contribution in [2.75, 3.05) is 0 Å². The molecule has 0 fully saturated rings. The van der Waals surface area contributed by atoms with Gasteiger partial charge in [-0.2, -0.15) is 16.4 Å². The zero-order valence-electron chi connectivity index (χ0n) is 9.34. The van der Waals surface area contributed by atoms with E-state index in [-0.39, 0.29) is 0 Å². The van der Waals surface area contributed by atoms with Crippen LogP contribution in [0.5, 0.6) is 0 Å². The molecule has 0 aromatic carbocycles. The molecule has 0 aliphatic rings. The third kappa shape index (κ3) is 3.43. The van der Waals surface area contributed by atoms with Crippen molar-refractivity contribution in [1.29, 1.82) is 0 Å². The minimum Gasteiger partial charge on any atom is -0.310 e. The van der Waals surface area contributed by atoms with Crippen molar-refractivity contribution in [3.8, 4) is 0 Å². The third-order valence-corrected chi connectivity index (χ3v) is 3.22. The van der Waals surface area contributed by atoms with Crippen molar-refractivity contribution in [1.82, 2.24) is 20.1 Å². The Bertz CT molecular complexity index is 344. The van der Waals surface area contributed by atoms with E-state index in [0.717, 1.165) is 19.5 Å². The molecule has 0 aliphatic carbocycles. The maximum absolute atomic E-state index is 4.08. The fourth-order valence-electron chi connectivity index (χ4n) is 1.46. The molecule has 2 aromatic rings. The Morgan fingerprint density at radius 2 is 2.50 bits per heavy atom. The summed E-state index contributed by atoms with van der Waals surface area (Å²) in [4.78, 5) is 3.92. The molecule has 0 bridgehead atoms. The molecule has 2 aromatic heterocycles. The first-order chi connectivity index (χ1) is 7.84. The van der Waals surface area contributed by atoms with Crippen LogP contribution in [0.4, 0.5) is 0 Å². The largest absolute Gasteiger partial charge is 0.310 e. The molecule has 1 atom stereocenters. The molecular formula is C11H16N4S. The zero-order chi connectivity index (χ0) is 11.2. The van der Waals surface area contributed by atoms with Crippen LogP contribution in [-0.4, -0.2) is 20.8 Å². The van der Waals surface area contributed by atoms with Crippen LogP contribution in [0.1, 0.15) is 18.9 Å². The van der Waals surface area contributed by atoms with E-state index in [1.807, 2.05) is 4.68 Å². The van der Waals surface area contributed by atoms with Crippen LogP contribution in [0, 0.1) is 0 Å². The molecule has 0 saturated heterocycles. The lowest BCUT2D eigenvalue weighted by Crippen LogP contribution is -2.26. The van der Waals surface area contributed by atoms with Crippen LogP contribution in [-0.2, 0) is 13.1 Å². The number of nitrogens with zero attached hydrogens (tertiary/aromatic N) is 3. The number of aryl methyl sites for hydroxylation is 1. The molecule has 0 saturated carbocycles. The fourth-order valence-corrected chi connectivity index (χ4v) is 2.13. The molecule has 16 heavy (non-hydrogen) atoms. The van der Waals surface area contributed by atoms with Crippen molar-refractivity contribution in [2.45, 2.75) is 32.5 Å². The van der Waals surface area contributed by atoms with E-state index in [4.69, 9.17) is 0 Å². The molecule has 2 rings (SSSR count). The van der Waals surface area contributed by atoms with Gasteiger partial charge in [-0.1, -0.05) is 0 Å². The van der Waals surface area contributed by atoms with E-state index < -0.39 is 0 Å². The van der Waals surface area contributed by atoms with E-state index in [1.165, 1.54) is 5.56 Å². The summed E-state index contributed by atoms with van der Waals surface area (Å²) in [7, 11) is 0. The second-order valence-electron chi connectivity index (χ2n) is 3.86. The second kappa shape index (κ2) is 5.77. The predicted octanol–water partition coefficient (Wildman–Crippen LogP) is 1.91. The van der Waals surface area contributed by atoms with Gasteiger partial charge in [-0.05, 0) is 35.7 Å². The second-order valence-corrected chi connectivity index (χ2v) is 4.64. The molecule has 0 radical (unpaired) electrons. The summed E-state index contributed by atoms with van der Waals surface area (Å²) in [6, 6.07) is 2.64. The van der Waals surface area contributed by atoms with Crippen LogP contribution < -0.4 is 5.32 Å². The molecule has 0 spiro atoms. The highest BCUT2D eigenvalue weighted by molar-refractivity contribution is 7.07. The van der Waals surface area contributed by atoms with Crippen LogP contribution in [0.3, 0.4) is 0 Å². The van der Waals surface area contributed by atoms with Gasteiger partial charge in [0.05, 0.1) is 0 Å². The number of aromatic nitrogens is 3. The van der Waals surface area contributed by atoms with Gasteiger partial charge < -0.3 is 5.32 Å². The smallest absolute Gasteiger partial charge is 0.137 e. The first kappa shape index (κ1) is 11.3. The Hall–Kier alpha value is -1.20. The highest BCUT2D eigenvalue weighted by atomic mass is 32.1. The van der Waals surface area contributed by atoms with E-state index in [0.29, 0.717) is 6.04 Å². The lowest BCUT2D eigenvalue weighted by Gasteiger charge is -2.12. The van der Waals surface area contributed by atoms with E-state index in [1.54, 1.807) is 24.0 Å². The van der Waals surface area contributed by atoms with Gasteiger partial charge in [0.1, 0.15) is 12.7 Å². The normalized spacial score (nSPS) is 12.8. The number of hydrogen-bond acceptors (Lipinski definition) is 4. The fraction of sp³-hybridized carbons (Fsp3) is 0.455. The number of hydrogen-bond donors (Lipinski definition) is 1. The van der Waals surface area contributed by atoms with Crippen molar-refractivity contribution >= 4 is 11.3 Å². The first-order valence-corrected chi connectivity index (χ1v) is 6.36. The van der Waals surface area contributed by atoms with Crippen molar-refractivity contribution in [2.24, 2.45) is 0 Å². The van der Waals surface area contributed by atoms with Crippen molar-refractivity contribution in [3.63, 3.8) is 0 Å². The molecule has 2 heterocycles. The molecule has 1 N–H and O–H groups in total. The molecule has 5 heteroatoms. The SMILES string of the molecule is CC(CCn1cncn1)NCc1ccsc1. The summed E-state index contributed by atoms with van der Waals surface area (Å²) >= 11 is 1.74. The summed E-state index contributed by atoms with van der Waals surface area (Å²) in [6.45, 7) is 4.06. The number of rotatable bonds is 6. The highest BCUT2D eigenvalue weighted by Gasteiger charge is 2.02. The van der Waals surface area contributed by atoms with Crippen LogP contribution in [0.15, 0.2) is 29.5 Å². The molecule has 0 amide bonds. The predicted molar refractivity (Wildman–Crippen MR) is 65.3 cm³/mol. The van der Waals surface area contributed by atoms with E-state index in [2.05, 4.69) is 39.1 Å². The summed E-state index contributed by atoms with van der Waals surface area (Å²) in [6.07, 6.45) is 4.39. The average Bonchev–Trinajstić information content (AvgIpc) is 2.96. The Morgan fingerprint density at radius 1 is 1.56 bits per heavy atom. The quantitative estimate of drug-likeness (QED) is 0.833. The molecule has 86 valence electrons. The van der Waals surface area contributed by atoms with Gasteiger partial charge >= 0.3 is 0 Å². The third-order valence-electron chi connectivity index (χ3n) is 2.49. The lowest BCUT2D eigenvalue weighted by atomic mass is 10.2. The molecule has 4 nitrogen and oxygen atoms in total. The standard InChI is InChI=1S/C11H16N4S/c1-10(2-4-15-9-12-8-14-15)13-6-11-3-5-16-7-11/h3,5,7-10,13H,2,4,6H2,1H3. The molecule has 0 aliphatic heterocycles. The monoisotopic (exact) mass is 236 g/mol. The van der Waals surface area contributed by atoms with Crippen LogP contribution in [0.25, 0.3) is 0 Å². The molecule has 1 unspecified atom stereocenters. The van der Waals surface area contributed by atoms with Crippen molar-refractivity contribution < 1.29 is 0 Å². The Morgan fingerprint density at radius 3 is 3.19 bits per heavy atom. The van der Waals surface area contributed by atoms with Gasteiger partial charge in [-0.15, -0.1) is 0 Å². The van der Waals surface area contributed by atoms with Crippen LogP contribution in [0.2, 0.25) is 0 Å². The average molecular weight is 236 g/mol. The summed E-state index contributed by atoms with van der Waals surface area (Å²) < 4.78 is 1.86. The number of nitrogens with one attached hydrogen (secondary N) is 1. The Balaban J connectivity index is 1.66. The summed E-state index contributed by atoms with van der Waals surface area (Å²) in [5.74, 6) is 0. The highest BCUT2D eigenvalue weighted by Crippen LogP contribution is 2.06.